The van der Waals surface area contributed by atoms with E-state index in [0.29, 0.717) is 28.4 Å². The number of Topliss-reactive ketones (excluding diaryl/α,β-unsaturated/α-hetero) is 2. The molecule has 0 aromatic carbocycles. The lowest BCUT2D eigenvalue weighted by Gasteiger charge is -2.38. The fraction of sp³-hybridized carbons (Fsp3) is 0.455. The maximum Gasteiger partial charge on any atom is 0.206 e. The number of carbonyl (C=O) groups is 2. The molecule has 4 nitrogen and oxygen atoms in total. The van der Waals surface area contributed by atoms with Crippen LogP contribution in [0.2, 0.25) is 0 Å². The molecule has 146 valence electrons. The highest BCUT2D eigenvalue weighted by molar-refractivity contribution is 6.45. The van der Waals surface area contributed by atoms with Gasteiger partial charge in [0.2, 0.25) is 5.78 Å². The Balaban J connectivity index is 2.43. The molecule has 0 saturated carbocycles. The van der Waals surface area contributed by atoms with Gasteiger partial charge in [0.15, 0.2) is 5.78 Å². The molecule has 0 spiro atoms. The molecule has 0 bridgehead atoms. The molecule has 0 unspecified atom stereocenters. The van der Waals surface area contributed by atoms with Crippen molar-refractivity contribution in [2.24, 2.45) is 11.8 Å². The monoisotopic (exact) mass is 390 g/mol. The van der Waals surface area contributed by atoms with Crippen LogP contribution in [0, 0.1) is 11.8 Å². The first-order valence-corrected chi connectivity index (χ1v) is 9.61. The summed E-state index contributed by atoms with van der Waals surface area (Å²) < 4.78 is 5.69. The number of rotatable bonds is 6. The summed E-state index contributed by atoms with van der Waals surface area (Å²) in [6.45, 7) is 9.09. The normalized spacial score (nSPS) is 27.1. The third-order valence-corrected chi connectivity index (χ3v) is 5.74. The van der Waals surface area contributed by atoms with Crippen molar-refractivity contribution in [1.82, 2.24) is 0 Å². The lowest BCUT2D eigenvalue weighted by atomic mass is 9.70. The number of aliphatic hydroxyl groups is 1. The average Bonchev–Trinajstić information content (AvgIpc) is 2.66. The van der Waals surface area contributed by atoms with Gasteiger partial charge in [0, 0.05) is 23.5 Å². The van der Waals surface area contributed by atoms with Gasteiger partial charge in [-0.15, -0.1) is 0 Å². The minimum Gasteiger partial charge on any atom is -0.465 e. The van der Waals surface area contributed by atoms with Crippen molar-refractivity contribution in [2.45, 2.75) is 53.1 Å². The van der Waals surface area contributed by atoms with E-state index in [-0.39, 0.29) is 17.2 Å². The molecule has 2 aliphatic rings. The number of ketones is 2. The van der Waals surface area contributed by atoms with Gasteiger partial charge in [-0.3, -0.25) is 9.59 Å². The molecule has 0 aromatic rings. The van der Waals surface area contributed by atoms with Crippen molar-refractivity contribution in [1.29, 1.82) is 0 Å². The van der Waals surface area contributed by atoms with Gasteiger partial charge in [0.05, 0.1) is 11.3 Å². The Bertz CT molecular complexity index is 793. The number of hydrogen-bond acceptors (Lipinski definition) is 4. The smallest absolute Gasteiger partial charge is 0.206 e. The molecule has 0 fully saturated rings. The van der Waals surface area contributed by atoms with E-state index < -0.39 is 17.3 Å². The van der Waals surface area contributed by atoms with E-state index >= 15 is 0 Å². The minimum atomic E-state index is -1.77. The lowest BCUT2D eigenvalue weighted by molar-refractivity contribution is -0.137. The molecule has 0 amide bonds. The van der Waals surface area contributed by atoms with Crippen molar-refractivity contribution in [3.8, 4) is 0 Å². The number of ether oxygens (including phenoxy) is 1. The van der Waals surface area contributed by atoms with E-state index in [9.17, 15) is 14.7 Å². The van der Waals surface area contributed by atoms with Crippen molar-refractivity contribution in [2.75, 3.05) is 0 Å². The number of halogens is 1. The van der Waals surface area contributed by atoms with Crippen molar-refractivity contribution in [3.63, 3.8) is 0 Å². The van der Waals surface area contributed by atoms with Crippen LogP contribution in [0.25, 0.3) is 0 Å². The van der Waals surface area contributed by atoms with Gasteiger partial charge < -0.3 is 9.84 Å². The molecule has 3 atom stereocenters. The molecule has 1 heterocycles. The second-order valence-corrected chi connectivity index (χ2v) is 7.72. The first-order valence-electron chi connectivity index (χ1n) is 9.23. The van der Waals surface area contributed by atoms with Crippen LogP contribution in [0.1, 0.15) is 47.5 Å². The van der Waals surface area contributed by atoms with Gasteiger partial charge in [0.1, 0.15) is 11.4 Å². The van der Waals surface area contributed by atoms with Crippen LogP contribution >= 0.6 is 11.6 Å². The average molecular weight is 391 g/mol. The van der Waals surface area contributed by atoms with E-state index in [1.807, 2.05) is 12.2 Å². The Hall–Kier alpha value is -1.91. The maximum absolute atomic E-state index is 12.7. The van der Waals surface area contributed by atoms with E-state index in [1.165, 1.54) is 13.2 Å². The summed E-state index contributed by atoms with van der Waals surface area (Å²) in [5.74, 6) is -0.458. The Morgan fingerprint density at radius 1 is 1.48 bits per heavy atom. The van der Waals surface area contributed by atoms with E-state index in [2.05, 4.69) is 13.8 Å². The van der Waals surface area contributed by atoms with Crippen molar-refractivity contribution < 1.29 is 19.4 Å². The summed E-state index contributed by atoms with van der Waals surface area (Å²) in [5.41, 5.74) is -0.0932. The van der Waals surface area contributed by atoms with Crippen LogP contribution in [-0.2, 0) is 14.3 Å². The highest BCUT2D eigenvalue weighted by Crippen LogP contribution is 2.45. The Morgan fingerprint density at radius 2 is 2.15 bits per heavy atom. The zero-order valence-electron chi connectivity index (χ0n) is 16.5. The second kappa shape index (κ2) is 8.41. The summed E-state index contributed by atoms with van der Waals surface area (Å²) in [6, 6.07) is 0. The zero-order valence-corrected chi connectivity index (χ0v) is 17.3. The number of allylic oxidation sites excluding steroid dienone is 6. The molecule has 0 radical (unpaired) electrons. The fourth-order valence-corrected chi connectivity index (χ4v) is 3.37. The summed E-state index contributed by atoms with van der Waals surface area (Å²) in [4.78, 5) is 25.1. The summed E-state index contributed by atoms with van der Waals surface area (Å²) in [6.07, 6.45) is 9.79. The van der Waals surface area contributed by atoms with Gasteiger partial charge in [-0.2, -0.15) is 0 Å². The topological polar surface area (TPSA) is 63.6 Å². The van der Waals surface area contributed by atoms with E-state index in [0.717, 1.165) is 6.42 Å². The molecule has 1 N–H and O–H groups in total. The molecule has 2 rings (SSSR count). The Morgan fingerprint density at radius 3 is 2.74 bits per heavy atom. The van der Waals surface area contributed by atoms with Crippen molar-refractivity contribution in [3.05, 3.63) is 58.1 Å². The predicted octanol–water partition coefficient (Wildman–Crippen LogP) is 4.75. The van der Waals surface area contributed by atoms with Crippen LogP contribution in [0.3, 0.4) is 0 Å². The molecule has 27 heavy (non-hydrogen) atoms. The van der Waals surface area contributed by atoms with Crippen LogP contribution in [-0.4, -0.2) is 22.3 Å². The predicted molar refractivity (Wildman–Crippen MR) is 107 cm³/mol. The summed E-state index contributed by atoms with van der Waals surface area (Å²) >= 11 is 6.28. The third-order valence-electron chi connectivity index (χ3n) is 5.36. The number of hydrogen-bond donors (Lipinski definition) is 1. The first kappa shape index (κ1) is 21.4. The van der Waals surface area contributed by atoms with Crippen LogP contribution in [0.5, 0.6) is 0 Å². The van der Waals surface area contributed by atoms with Crippen molar-refractivity contribution >= 4 is 23.2 Å². The fourth-order valence-electron chi connectivity index (χ4n) is 3.02. The number of fused-ring (bicyclic) bond motifs is 1. The van der Waals surface area contributed by atoms with Gasteiger partial charge in [0.25, 0.3) is 0 Å². The van der Waals surface area contributed by atoms with Gasteiger partial charge in [-0.25, -0.2) is 0 Å². The SMILES string of the molecule is C/C=C(\C)C(=O)C[C@H]1C2=COC(/C=C/[C@@H](C)CC)=CC2=C(Cl)C(=O)[C@@]1(C)O. The highest BCUT2D eigenvalue weighted by atomic mass is 35.5. The standard InChI is InChI=1S/C22H27ClO4/c1-6-13(3)8-9-15-10-16-17(12-27-15)18(11-19(24)14(4)7-2)22(5,26)21(25)20(16)23/h7-10,12-13,18,26H,6,11H2,1-5H3/b9-8+,14-7+/t13-,18-,22-/m0/s1. The van der Waals surface area contributed by atoms with E-state index in [1.54, 1.807) is 26.0 Å². The molecule has 1 aliphatic carbocycles. The molecular formula is C22H27ClO4. The molecular weight excluding hydrogens is 364 g/mol. The van der Waals surface area contributed by atoms with Crippen LogP contribution < -0.4 is 0 Å². The zero-order chi connectivity index (χ0) is 20.4. The summed E-state index contributed by atoms with van der Waals surface area (Å²) in [5, 5.41) is 10.8. The first-order chi connectivity index (χ1) is 12.6. The van der Waals surface area contributed by atoms with Crippen LogP contribution in [0.4, 0.5) is 0 Å². The second-order valence-electron chi connectivity index (χ2n) is 7.34. The van der Waals surface area contributed by atoms with Crippen LogP contribution in [0.15, 0.2) is 58.1 Å². The highest BCUT2D eigenvalue weighted by Gasteiger charge is 2.49. The maximum atomic E-state index is 12.7. The molecule has 1 aliphatic heterocycles. The third kappa shape index (κ3) is 4.33. The lowest BCUT2D eigenvalue weighted by Crippen LogP contribution is -2.48. The molecule has 0 aromatic heterocycles. The quantitative estimate of drug-likeness (QED) is 0.664. The summed E-state index contributed by atoms with van der Waals surface area (Å²) in [7, 11) is 0. The van der Waals surface area contributed by atoms with E-state index in [4.69, 9.17) is 16.3 Å². The molecule has 0 saturated heterocycles. The minimum absolute atomic E-state index is 0.00363. The van der Waals surface area contributed by atoms with Gasteiger partial charge in [-0.1, -0.05) is 44.0 Å². The van der Waals surface area contributed by atoms with Gasteiger partial charge in [-0.05, 0) is 44.4 Å². The van der Waals surface area contributed by atoms with Gasteiger partial charge >= 0.3 is 0 Å². The molecule has 5 heteroatoms. The Labute approximate surface area is 165 Å². The number of carbonyl (C=O) groups excluding carboxylic acids is 2. The Kier molecular flexibility index (Phi) is 6.66. The largest absolute Gasteiger partial charge is 0.465 e.